The van der Waals surface area contributed by atoms with Crippen LogP contribution in [0.3, 0.4) is 0 Å². The van der Waals surface area contributed by atoms with Gasteiger partial charge in [-0.1, -0.05) is 23.1 Å². The first-order valence-corrected chi connectivity index (χ1v) is 12.3. The van der Waals surface area contributed by atoms with Gasteiger partial charge in [-0.05, 0) is 19.4 Å². The van der Waals surface area contributed by atoms with Gasteiger partial charge in [0.25, 0.3) is 11.8 Å². The summed E-state index contributed by atoms with van der Waals surface area (Å²) in [5.41, 5.74) is -0.182. The number of hydrogen-bond acceptors (Lipinski definition) is 11. The molecule has 2 aromatic heterocycles. The van der Waals surface area contributed by atoms with E-state index in [1.54, 1.807) is 0 Å². The molecule has 13 nitrogen and oxygen atoms in total. The molecule has 0 aliphatic carbocycles. The maximum absolute atomic E-state index is 12.8. The standard InChI is InChI=1S/C17H17N7O6S3/c1-6-11(24(29)30)9(21-22(6)3)13(25)18-10-14(26)23-12(16(27)28)8(4-31-15(10)23)5-32-17-20-19-7(2)33-17/h10,15H,4-5H2,1-3H3,(H,18,25)(H,27,28)/t10-,15+/m0/s1. The normalized spacial score (nSPS) is 19.8. The molecule has 0 aromatic carbocycles. The Morgan fingerprint density at radius 3 is 2.70 bits per heavy atom. The number of aliphatic carboxylic acids is 1. The molecule has 0 saturated carbocycles. The fraction of sp³-hybridized carbons (Fsp3) is 0.412. The molecule has 0 bridgehead atoms. The molecule has 2 aliphatic heterocycles. The van der Waals surface area contributed by atoms with E-state index in [1.807, 2.05) is 6.92 Å². The van der Waals surface area contributed by atoms with Crippen molar-refractivity contribution in [3.8, 4) is 0 Å². The highest BCUT2D eigenvalue weighted by molar-refractivity contribution is 8.01. The first-order valence-electron chi connectivity index (χ1n) is 9.42. The summed E-state index contributed by atoms with van der Waals surface area (Å²) in [7, 11) is 1.47. The number of carboxylic acid groups (broad SMARTS) is 1. The summed E-state index contributed by atoms with van der Waals surface area (Å²) in [4.78, 5) is 49.3. The van der Waals surface area contributed by atoms with E-state index >= 15 is 0 Å². The van der Waals surface area contributed by atoms with Crippen LogP contribution in [-0.2, 0) is 16.6 Å². The number of carboxylic acids is 1. The zero-order valence-electron chi connectivity index (χ0n) is 17.5. The second-order valence-corrected chi connectivity index (χ2v) is 10.7. The van der Waals surface area contributed by atoms with Crippen molar-refractivity contribution in [1.29, 1.82) is 0 Å². The van der Waals surface area contributed by atoms with Crippen LogP contribution in [0, 0.1) is 24.0 Å². The molecule has 4 rings (SSSR count). The van der Waals surface area contributed by atoms with Crippen LogP contribution in [0.5, 0.6) is 0 Å². The van der Waals surface area contributed by atoms with Gasteiger partial charge in [0.05, 0.1) is 4.92 Å². The van der Waals surface area contributed by atoms with E-state index in [4.69, 9.17) is 0 Å². The summed E-state index contributed by atoms with van der Waals surface area (Å²) in [6.45, 7) is 3.28. The number of hydrogen-bond donors (Lipinski definition) is 2. The Balaban J connectivity index is 1.51. The third-order valence-corrected chi connectivity index (χ3v) is 8.51. The van der Waals surface area contributed by atoms with Crippen LogP contribution in [0.1, 0.15) is 21.2 Å². The molecule has 1 fully saturated rings. The highest BCUT2D eigenvalue weighted by Gasteiger charge is 2.54. The summed E-state index contributed by atoms with van der Waals surface area (Å²) >= 11 is 4.05. The van der Waals surface area contributed by atoms with Gasteiger partial charge in [0, 0.05) is 18.6 Å². The van der Waals surface area contributed by atoms with Gasteiger partial charge in [0.2, 0.25) is 5.69 Å². The van der Waals surface area contributed by atoms with Gasteiger partial charge in [-0.2, -0.15) is 5.10 Å². The van der Waals surface area contributed by atoms with Crippen molar-refractivity contribution < 1.29 is 24.4 Å². The number of aromatic nitrogens is 4. The maximum Gasteiger partial charge on any atom is 0.352 e. The third kappa shape index (κ3) is 4.08. The van der Waals surface area contributed by atoms with Crippen LogP contribution >= 0.6 is 34.9 Å². The van der Waals surface area contributed by atoms with Gasteiger partial charge >= 0.3 is 11.7 Å². The number of nitrogens with one attached hydrogen (secondary N) is 1. The first kappa shape index (κ1) is 23.2. The van der Waals surface area contributed by atoms with Crippen molar-refractivity contribution in [3.05, 3.63) is 37.8 Å². The Hall–Kier alpha value is -2.98. The van der Waals surface area contributed by atoms with Gasteiger partial charge in [-0.3, -0.25) is 29.3 Å². The first-order chi connectivity index (χ1) is 15.6. The maximum atomic E-state index is 12.8. The molecule has 1 saturated heterocycles. The largest absolute Gasteiger partial charge is 0.477 e. The summed E-state index contributed by atoms with van der Waals surface area (Å²) in [5.74, 6) is -2.02. The van der Waals surface area contributed by atoms with Gasteiger partial charge in [0.15, 0.2) is 4.34 Å². The molecule has 0 unspecified atom stereocenters. The van der Waals surface area contributed by atoms with Crippen LogP contribution in [0.2, 0.25) is 0 Å². The Labute approximate surface area is 198 Å². The van der Waals surface area contributed by atoms with Crippen molar-refractivity contribution in [3.63, 3.8) is 0 Å². The minimum Gasteiger partial charge on any atom is -0.477 e. The van der Waals surface area contributed by atoms with Crippen LogP contribution in [-0.4, -0.2) is 75.6 Å². The molecule has 0 radical (unpaired) electrons. The lowest BCUT2D eigenvalue weighted by Gasteiger charge is -2.49. The smallest absolute Gasteiger partial charge is 0.352 e. The number of nitrogens with zero attached hydrogens (tertiary/aromatic N) is 6. The molecule has 2 amide bonds. The molecule has 33 heavy (non-hydrogen) atoms. The number of β-lactam (4-membered cyclic amide) rings is 1. The van der Waals surface area contributed by atoms with Crippen molar-refractivity contribution in [2.45, 2.75) is 29.6 Å². The van der Waals surface area contributed by atoms with E-state index in [0.29, 0.717) is 21.4 Å². The molecule has 4 heterocycles. The lowest BCUT2D eigenvalue weighted by atomic mass is 10.0. The quantitative estimate of drug-likeness (QED) is 0.234. The van der Waals surface area contributed by atoms with Gasteiger partial charge < -0.3 is 10.4 Å². The minimum atomic E-state index is -1.24. The van der Waals surface area contributed by atoms with Gasteiger partial charge in [0.1, 0.15) is 27.8 Å². The predicted octanol–water partition coefficient (Wildman–Crippen LogP) is 0.941. The monoisotopic (exact) mass is 511 g/mol. The molecular weight excluding hydrogens is 494 g/mol. The molecule has 16 heteroatoms. The van der Waals surface area contributed by atoms with E-state index < -0.39 is 45.5 Å². The Kier molecular flexibility index (Phi) is 6.15. The highest BCUT2D eigenvalue weighted by Crippen LogP contribution is 2.42. The predicted molar refractivity (Wildman–Crippen MR) is 119 cm³/mol. The van der Waals surface area contributed by atoms with Crippen LogP contribution in [0.25, 0.3) is 0 Å². The Bertz CT molecular complexity index is 1220. The average Bonchev–Trinajstić information content (AvgIpc) is 3.31. The average molecular weight is 512 g/mol. The van der Waals surface area contributed by atoms with Crippen molar-refractivity contribution in [2.75, 3.05) is 11.5 Å². The second kappa shape index (κ2) is 8.75. The summed E-state index contributed by atoms with van der Waals surface area (Å²) in [5, 5.41) is 35.6. The number of fused-ring (bicyclic) bond motifs is 1. The van der Waals surface area contributed by atoms with Gasteiger partial charge in [-0.15, -0.1) is 22.0 Å². The SMILES string of the molecule is Cc1nnc(SCC2=C(C(=O)O)N3C(=O)[C@H](NC(=O)c4nn(C)c(C)c4[N+](=O)[O-])[C@H]3SC2)s1. The number of amides is 2. The van der Waals surface area contributed by atoms with Gasteiger partial charge in [-0.25, -0.2) is 4.79 Å². The number of aryl methyl sites for hydroxylation is 2. The van der Waals surface area contributed by atoms with E-state index in [2.05, 4.69) is 20.6 Å². The zero-order chi connectivity index (χ0) is 24.0. The number of carbonyl (C=O) groups excluding carboxylic acids is 2. The number of carbonyl (C=O) groups is 3. The molecule has 2 N–H and O–H groups in total. The Morgan fingerprint density at radius 1 is 1.36 bits per heavy atom. The summed E-state index contributed by atoms with van der Waals surface area (Å²) < 4.78 is 1.91. The number of nitro groups is 1. The minimum absolute atomic E-state index is 0.109. The van der Waals surface area contributed by atoms with E-state index in [9.17, 15) is 29.6 Å². The fourth-order valence-electron chi connectivity index (χ4n) is 3.46. The molecule has 2 aromatic rings. The van der Waals surface area contributed by atoms with E-state index in [-0.39, 0.29) is 11.4 Å². The summed E-state index contributed by atoms with van der Waals surface area (Å²) in [6, 6.07) is -1.02. The van der Waals surface area contributed by atoms with E-state index in [1.165, 1.54) is 53.5 Å². The topological polar surface area (TPSA) is 173 Å². The van der Waals surface area contributed by atoms with E-state index in [0.717, 1.165) is 9.91 Å². The zero-order valence-corrected chi connectivity index (χ0v) is 19.9. The van der Waals surface area contributed by atoms with Crippen LogP contribution in [0.4, 0.5) is 5.69 Å². The van der Waals surface area contributed by atoms with Crippen LogP contribution in [0.15, 0.2) is 15.6 Å². The molecule has 2 aliphatic rings. The highest BCUT2D eigenvalue weighted by atomic mass is 32.2. The number of thioether (sulfide) groups is 2. The molecule has 0 spiro atoms. The van der Waals surface area contributed by atoms with Crippen molar-refractivity contribution >= 4 is 58.3 Å². The fourth-order valence-corrected chi connectivity index (χ4v) is 6.76. The third-order valence-electron chi connectivity index (χ3n) is 5.11. The lowest BCUT2D eigenvalue weighted by molar-refractivity contribution is -0.385. The van der Waals surface area contributed by atoms with Crippen LogP contribution < -0.4 is 5.32 Å². The molecule has 174 valence electrons. The summed E-state index contributed by atoms with van der Waals surface area (Å²) in [6.07, 6.45) is 0. The second-order valence-electron chi connectivity index (χ2n) is 7.16. The van der Waals surface area contributed by atoms with Crippen molar-refractivity contribution in [2.24, 2.45) is 7.05 Å². The molecule has 2 atom stereocenters. The molecular formula is C17H17N7O6S3. The Morgan fingerprint density at radius 2 is 2.09 bits per heavy atom. The number of rotatable bonds is 7. The lowest BCUT2D eigenvalue weighted by Crippen LogP contribution is -2.70. The van der Waals surface area contributed by atoms with Crippen molar-refractivity contribution in [1.82, 2.24) is 30.2 Å².